The molecule has 0 amide bonds. The summed E-state index contributed by atoms with van der Waals surface area (Å²) in [6, 6.07) is 2.11. The highest BCUT2D eigenvalue weighted by Gasteiger charge is 2.15. The maximum absolute atomic E-state index is 5.87. The van der Waals surface area contributed by atoms with Crippen molar-refractivity contribution in [1.82, 2.24) is 34.6 Å². The van der Waals surface area contributed by atoms with Gasteiger partial charge in [0.15, 0.2) is 11.5 Å². The van der Waals surface area contributed by atoms with Crippen LogP contribution < -0.4 is 5.73 Å². The lowest BCUT2D eigenvalue weighted by Gasteiger charge is -2.14. The molecule has 0 fully saturated rings. The maximum atomic E-state index is 5.87. The van der Waals surface area contributed by atoms with Gasteiger partial charge in [-0.15, -0.1) is 21.5 Å². The van der Waals surface area contributed by atoms with Crippen molar-refractivity contribution in [2.75, 3.05) is 19.3 Å². The smallest absolute Gasteiger partial charge is 0.257 e. The molecule has 10 heteroatoms. The molecule has 4 aromatic rings. The predicted molar refractivity (Wildman–Crippen MR) is 108 cm³/mol. The summed E-state index contributed by atoms with van der Waals surface area (Å²) in [5.41, 5.74) is 8.47. The number of aryl methyl sites for hydroxylation is 2. The second kappa shape index (κ2) is 7.64. The van der Waals surface area contributed by atoms with E-state index in [2.05, 4.69) is 50.0 Å². The molecule has 9 nitrogen and oxygen atoms in total. The van der Waals surface area contributed by atoms with Crippen molar-refractivity contribution in [3.05, 3.63) is 35.1 Å². The van der Waals surface area contributed by atoms with Gasteiger partial charge in [-0.05, 0) is 32.0 Å². The molecule has 0 atom stereocenters. The highest BCUT2D eigenvalue weighted by Crippen LogP contribution is 2.30. The van der Waals surface area contributed by atoms with Crippen LogP contribution in [0.1, 0.15) is 23.3 Å². The summed E-state index contributed by atoms with van der Waals surface area (Å²) in [6.07, 6.45) is 4.20. The van der Waals surface area contributed by atoms with Crippen molar-refractivity contribution in [1.29, 1.82) is 0 Å². The Kier molecular flexibility index (Phi) is 5.05. The summed E-state index contributed by atoms with van der Waals surface area (Å²) in [4.78, 5) is 17.0. The summed E-state index contributed by atoms with van der Waals surface area (Å²) in [5.74, 6) is 1.58. The lowest BCUT2D eigenvalue weighted by atomic mass is 10.2. The molecule has 4 aromatic heterocycles. The largest absolute Gasteiger partial charge is 0.419 e. The number of nitrogen functional groups attached to an aromatic ring is 1. The first-order valence-electron chi connectivity index (χ1n) is 9.07. The Bertz CT molecular complexity index is 1100. The summed E-state index contributed by atoms with van der Waals surface area (Å²) in [6.45, 7) is 6.32. The molecule has 4 heterocycles. The van der Waals surface area contributed by atoms with Crippen molar-refractivity contribution in [2.24, 2.45) is 0 Å². The number of hydrogen-bond donors (Lipinski definition) is 1. The van der Waals surface area contributed by atoms with Crippen LogP contribution in [0.2, 0.25) is 0 Å². The molecule has 2 N–H and O–H groups in total. The van der Waals surface area contributed by atoms with Crippen LogP contribution in [-0.2, 0) is 19.5 Å². The molecule has 0 bridgehead atoms. The fraction of sp³-hybridized carbons (Fsp3) is 0.389. The predicted octanol–water partition coefficient (Wildman–Crippen LogP) is 2.52. The Hall–Kier alpha value is -2.85. The third-order valence-corrected chi connectivity index (χ3v) is 5.95. The molecule has 0 aromatic carbocycles. The van der Waals surface area contributed by atoms with E-state index in [1.165, 1.54) is 16.8 Å². The van der Waals surface area contributed by atoms with E-state index in [0.29, 0.717) is 36.2 Å². The highest BCUT2D eigenvalue weighted by molar-refractivity contribution is 7.15. The molecule has 0 saturated carbocycles. The minimum atomic E-state index is 0.394. The van der Waals surface area contributed by atoms with E-state index in [0.717, 1.165) is 23.5 Å². The molecule has 0 aliphatic heterocycles. The fourth-order valence-corrected chi connectivity index (χ4v) is 4.08. The number of nitrogens with two attached hydrogens (primary N) is 1. The zero-order valence-electron chi connectivity index (χ0n) is 16.1. The number of hydrogen-bond acceptors (Lipinski definition) is 9. The number of thiophene rings is 1. The molecular formula is C18H22N8OS. The number of anilines is 1. The first-order chi connectivity index (χ1) is 13.5. The van der Waals surface area contributed by atoms with E-state index in [1.807, 2.05) is 11.6 Å². The van der Waals surface area contributed by atoms with Gasteiger partial charge < -0.3 is 14.7 Å². The third-order valence-electron chi connectivity index (χ3n) is 4.58. The van der Waals surface area contributed by atoms with Crippen LogP contribution in [0.4, 0.5) is 5.82 Å². The lowest BCUT2D eigenvalue weighted by molar-refractivity contribution is 0.280. The Morgan fingerprint density at radius 3 is 2.89 bits per heavy atom. The number of nitrogens with zero attached hydrogens (tertiary/aromatic N) is 7. The van der Waals surface area contributed by atoms with Gasteiger partial charge in [-0.1, -0.05) is 6.92 Å². The van der Waals surface area contributed by atoms with Gasteiger partial charge in [0.2, 0.25) is 5.89 Å². The van der Waals surface area contributed by atoms with E-state index < -0.39 is 0 Å². The molecule has 28 heavy (non-hydrogen) atoms. The average Bonchev–Trinajstić information content (AvgIpc) is 3.39. The van der Waals surface area contributed by atoms with Gasteiger partial charge in [-0.25, -0.2) is 15.0 Å². The topological polar surface area (TPSA) is 112 Å². The number of likely N-dealkylation sites (N-methyl/N-ethyl adjacent to an activating group) is 1. The van der Waals surface area contributed by atoms with E-state index in [9.17, 15) is 0 Å². The lowest BCUT2D eigenvalue weighted by Crippen LogP contribution is -2.23. The van der Waals surface area contributed by atoms with Crippen LogP contribution in [0, 0.1) is 6.92 Å². The van der Waals surface area contributed by atoms with Gasteiger partial charge in [0.1, 0.15) is 11.8 Å². The first-order valence-corrected chi connectivity index (χ1v) is 9.88. The van der Waals surface area contributed by atoms with Crippen LogP contribution in [0.5, 0.6) is 0 Å². The number of rotatable bonds is 7. The van der Waals surface area contributed by atoms with Crippen molar-refractivity contribution >= 4 is 28.3 Å². The standard InChI is InChI=1S/C18H22N8OS/c1-4-12-11(2)7-13(28-12)18-24-23-14(27-18)8-25(3)5-6-26-10-22-15-16(19)20-9-21-17(15)26/h7,9-10H,4-6,8H2,1-3H3,(H2,19,20,21). The quantitative estimate of drug-likeness (QED) is 0.505. The monoisotopic (exact) mass is 398 g/mol. The van der Waals surface area contributed by atoms with Crippen LogP contribution >= 0.6 is 11.3 Å². The van der Waals surface area contributed by atoms with Gasteiger partial charge in [-0.3, -0.25) is 4.90 Å². The number of fused-ring (bicyclic) bond motifs is 1. The fourth-order valence-electron chi connectivity index (χ4n) is 3.04. The molecule has 4 rings (SSSR count). The van der Waals surface area contributed by atoms with Crippen molar-refractivity contribution in [3.8, 4) is 10.8 Å². The first kappa shape index (κ1) is 18.5. The third kappa shape index (κ3) is 3.60. The zero-order valence-corrected chi connectivity index (χ0v) is 16.9. The normalized spacial score (nSPS) is 11.7. The van der Waals surface area contributed by atoms with E-state index in [-0.39, 0.29) is 0 Å². The van der Waals surface area contributed by atoms with Crippen molar-refractivity contribution < 1.29 is 4.42 Å². The van der Waals surface area contributed by atoms with Gasteiger partial charge in [0.05, 0.1) is 17.7 Å². The average molecular weight is 398 g/mol. The molecule has 0 radical (unpaired) electrons. The molecule has 0 saturated heterocycles. The van der Waals surface area contributed by atoms with Crippen molar-refractivity contribution in [2.45, 2.75) is 33.4 Å². The highest BCUT2D eigenvalue weighted by atomic mass is 32.1. The van der Waals surface area contributed by atoms with E-state index >= 15 is 0 Å². The molecular weight excluding hydrogens is 376 g/mol. The second-order valence-electron chi connectivity index (χ2n) is 6.68. The Morgan fingerprint density at radius 2 is 2.11 bits per heavy atom. The second-order valence-corrected chi connectivity index (χ2v) is 7.81. The van der Waals surface area contributed by atoms with Gasteiger partial charge >= 0.3 is 0 Å². The van der Waals surface area contributed by atoms with E-state index in [4.69, 9.17) is 10.2 Å². The molecule has 0 aliphatic carbocycles. The van der Waals surface area contributed by atoms with Crippen LogP contribution in [0.15, 0.2) is 23.1 Å². The molecule has 0 aliphatic rings. The van der Waals surface area contributed by atoms with Gasteiger partial charge in [0, 0.05) is 18.0 Å². The number of imidazole rings is 1. The Morgan fingerprint density at radius 1 is 1.25 bits per heavy atom. The summed E-state index contributed by atoms with van der Waals surface area (Å²) in [7, 11) is 2.01. The molecule has 0 spiro atoms. The van der Waals surface area contributed by atoms with Crippen molar-refractivity contribution in [3.63, 3.8) is 0 Å². The summed E-state index contributed by atoms with van der Waals surface area (Å²) in [5, 5.41) is 8.41. The molecule has 0 unspecified atom stereocenters. The Balaban J connectivity index is 1.39. The minimum absolute atomic E-state index is 0.394. The summed E-state index contributed by atoms with van der Waals surface area (Å²) >= 11 is 1.71. The molecule has 146 valence electrons. The van der Waals surface area contributed by atoms with E-state index in [1.54, 1.807) is 17.7 Å². The maximum Gasteiger partial charge on any atom is 0.257 e. The SMILES string of the molecule is CCc1sc(-c2nnc(CN(C)CCn3cnc4c(N)ncnc43)o2)cc1C. The van der Waals surface area contributed by atoms with Crippen LogP contribution in [-0.4, -0.2) is 48.2 Å². The summed E-state index contributed by atoms with van der Waals surface area (Å²) < 4.78 is 7.83. The Labute approximate surface area is 166 Å². The zero-order chi connectivity index (χ0) is 19.7. The number of aromatic nitrogens is 6. The van der Waals surface area contributed by atoms with Crippen LogP contribution in [0.25, 0.3) is 21.9 Å². The van der Waals surface area contributed by atoms with Gasteiger partial charge in [-0.2, -0.15) is 0 Å². The van der Waals surface area contributed by atoms with Crippen LogP contribution in [0.3, 0.4) is 0 Å². The minimum Gasteiger partial charge on any atom is -0.419 e. The van der Waals surface area contributed by atoms with Gasteiger partial charge in [0.25, 0.3) is 5.89 Å².